The molecule has 1 fully saturated rings. The van der Waals surface area contributed by atoms with Crippen LogP contribution in [0.25, 0.3) is 0 Å². The van der Waals surface area contributed by atoms with Crippen molar-refractivity contribution in [2.75, 3.05) is 13.1 Å². The first-order valence-corrected chi connectivity index (χ1v) is 6.04. The van der Waals surface area contributed by atoms with E-state index in [0.29, 0.717) is 6.42 Å². The largest absolute Gasteiger partial charge is 0.299 e. The Morgan fingerprint density at radius 1 is 1.31 bits per heavy atom. The Morgan fingerprint density at radius 3 is 2.69 bits per heavy atom. The van der Waals surface area contributed by atoms with Gasteiger partial charge in [0, 0.05) is 11.6 Å². The highest BCUT2D eigenvalue weighted by Crippen LogP contribution is 2.21. The van der Waals surface area contributed by atoms with Crippen molar-refractivity contribution in [2.24, 2.45) is 0 Å². The molecule has 84 valence electrons. The molecule has 0 aliphatic carbocycles. The maximum Gasteiger partial charge on any atom is 0.0669 e. The minimum Gasteiger partial charge on any atom is -0.299 e. The van der Waals surface area contributed by atoms with Crippen molar-refractivity contribution in [3.8, 4) is 6.07 Å². The maximum absolute atomic E-state index is 8.61. The van der Waals surface area contributed by atoms with Crippen LogP contribution in [0.5, 0.6) is 0 Å². The van der Waals surface area contributed by atoms with E-state index < -0.39 is 0 Å². The van der Waals surface area contributed by atoms with Gasteiger partial charge in [0.05, 0.1) is 12.5 Å². The highest BCUT2D eigenvalue weighted by atomic mass is 35.5. The zero-order chi connectivity index (χ0) is 11.4. The summed E-state index contributed by atoms with van der Waals surface area (Å²) in [6.45, 7) is 3.29. The zero-order valence-electron chi connectivity index (χ0n) is 9.25. The molecule has 0 atom stereocenters. The standard InChI is InChI=1S/C13H15ClN2/c14-13-9-11(5-6-15)3-4-12(13)10-16-7-1-2-8-16/h3-4,9H,1-2,5,7-8,10H2. The number of hydrogen-bond acceptors (Lipinski definition) is 2. The van der Waals surface area contributed by atoms with E-state index in [2.05, 4.69) is 11.0 Å². The monoisotopic (exact) mass is 234 g/mol. The van der Waals surface area contributed by atoms with Crippen molar-refractivity contribution >= 4 is 11.6 Å². The Hall–Kier alpha value is -1.04. The van der Waals surface area contributed by atoms with Gasteiger partial charge in [-0.15, -0.1) is 0 Å². The molecule has 0 spiro atoms. The summed E-state index contributed by atoms with van der Waals surface area (Å²) in [5.74, 6) is 0. The number of rotatable bonds is 3. The lowest BCUT2D eigenvalue weighted by atomic mass is 10.1. The average Bonchev–Trinajstić information content (AvgIpc) is 2.75. The molecular formula is C13H15ClN2. The molecule has 16 heavy (non-hydrogen) atoms. The number of likely N-dealkylation sites (tertiary alicyclic amines) is 1. The second kappa shape index (κ2) is 5.34. The van der Waals surface area contributed by atoms with Crippen LogP contribution in [0.4, 0.5) is 0 Å². The number of nitriles is 1. The van der Waals surface area contributed by atoms with Crippen molar-refractivity contribution in [3.05, 3.63) is 34.3 Å². The second-order valence-electron chi connectivity index (χ2n) is 4.24. The summed E-state index contributed by atoms with van der Waals surface area (Å²) < 4.78 is 0. The van der Waals surface area contributed by atoms with Crippen LogP contribution in [-0.4, -0.2) is 18.0 Å². The van der Waals surface area contributed by atoms with E-state index in [1.165, 1.54) is 31.5 Å². The molecule has 0 saturated carbocycles. The van der Waals surface area contributed by atoms with Crippen LogP contribution in [-0.2, 0) is 13.0 Å². The van der Waals surface area contributed by atoms with Crippen LogP contribution < -0.4 is 0 Å². The number of benzene rings is 1. The van der Waals surface area contributed by atoms with E-state index in [-0.39, 0.29) is 0 Å². The van der Waals surface area contributed by atoms with E-state index in [4.69, 9.17) is 16.9 Å². The van der Waals surface area contributed by atoms with Crippen LogP contribution in [0.2, 0.25) is 5.02 Å². The molecule has 1 aliphatic rings. The highest BCUT2D eigenvalue weighted by Gasteiger charge is 2.13. The first-order chi connectivity index (χ1) is 7.79. The summed E-state index contributed by atoms with van der Waals surface area (Å²) in [5.41, 5.74) is 2.17. The molecule has 2 nitrogen and oxygen atoms in total. The number of halogens is 1. The minimum atomic E-state index is 0.434. The van der Waals surface area contributed by atoms with Crippen LogP contribution in [0.1, 0.15) is 24.0 Å². The molecule has 2 rings (SSSR count). The van der Waals surface area contributed by atoms with Gasteiger partial charge in [0.25, 0.3) is 0 Å². The van der Waals surface area contributed by atoms with Crippen LogP contribution in [0, 0.1) is 11.3 Å². The fourth-order valence-corrected chi connectivity index (χ4v) is 2.36. The van der Waals surface area contributed by atoms with E-state index in [9.17, 15) is 0 Å². The molecule has 1 heterocycles. The molecule has 0 unspecified atom stereocenters. The van der Waals surface area contributed by atoms with Gasteiger partial charge in [0.1, 0.15) is 0 Å². The summed E-state index contributed by atoms with van der Waals surface area (Å²) >= 11 is 6.21. The Balaban J connectivity index is 2.07. The number of hydrogen-bond donors (Lipinski definition) is 0. The van der Waals surface area contributed by atoms with Crippen LogP contribution in [0.3, 0.4) is 0 Å². The Morgan fingerprint density at radius 2 is 2.06 bits per heavy atom. The summed E-state index contributed by atoms with van der Waals surface area (Å²) in [4.78, 5) is 2.42. The summed E-state index contributed by atoms with van der Waals surface area (Å²) in [6, 6.07) is 8.10. The normalized spacial score (nSPS) is 16.2. The Kier molecular flexibility index (Phi) is 3.82. The molecule has 1 aromatic rings. The smallest absolute Gasteiger partial charge is 0.0669 e. The van der Waals surface area contributed by atoms with Crippen molar-refractivity contribution < 1.29 is 0 Å². The molecule has 0 amide bonds. The molecule has 1 aliphatic heterocycles. The predicted molar refractivity (Wildman–Crippen MR) is 65.3 cm³/mol. The summed E-state index contributed by atoms with van der Waals surface area (Å²) in [7, 11) is 0. The first-order valence-electron chi connectivity index (χ1n) is 5.66. The second-order valence-corrected chi connectivity index (χ2v) is 4.65. The topological polar surface area (TPSA) is 27.0 Å². The van der Waals surface area contributed by atoms with Gasteiger partial charge in [-0.25, -0.2) is 0 Å². The average molecular weight is 235 g/mol. The van der Waals surface area contributed by atoms with Crippen LogP contribution >= 0.6 is 11.6 Å². The SMILES string of the molecule is N#CCc1ccc(CN2CCCC2)c(Cl)c1. The lowest BCUT2D eigenvalue weighted by molar-refractivity contribution is 0.331. The first kappa shape index (κ1) is 11.4. The third kappa shape index (κ3) is 2.75. The van der Waals surface area contributed by atoms with Gasteiger partial charge in [-0.1, -0.05) is 23.7 Å². The molecular weight excluding hydrogens is 220 g/mol. The van der Waals surface area contributed by atoms with Crippen LogP contribution in [0.15, 0.2) is 18.2 Å². The van der Waals surface area contributed by atoms with Crippen molar-refractivity contribution in [3.63, 3.8) is 0 Å². The zero-order valence-corrected chi connectivity index (χ0v) is 10.0. The van der Waals surface area contributed by atoms with Crippen molar-refractivity contribution in [1.29, 1.82) is 5.26 Å². The third-order valence-electron chi connectivity index (χ3n) is 2.99. The Bertz CT molecular complexity index is 403. The summed E-state index contributed by atoms with van der Waals surface area (Å²) in [6.07, 6.45) is 3.03. The lowest BCUT2D eigenvalue weighted by Gasteiger charge is -2.15. The molecule has 0 radical (unpaired) electrons. The fourth-order valence-electron chi connectivity index (χ4n) is 2.10. The van der Waals surface area contributed by atoms with Crippen molar-refractivity contribution in [2.45, 2.75) is 25.8 Å². The fraction of sp³-hybridized carbons (Fsp3) is 0.462. The van der Waals surface area contributed by atoms with E-state index in [0.717, 1.165) is 17.1 Å². The number of nitrogens with zero attached hydrogens (tertiary/aromatic N) is 2. The molecule has 1 saturated heterocycles. The highest BCUT2D eigenvalue weighted by molar-refractivity contribution is 6.31. The van der Waals surface area contributed by atoms with Crippen molar-refractivity contribution in [1.82, 2.24) is 4.90 Å². The molecule has 1 aromatic carbocycles. The quantitative estimate of drug-likeness (QED) is 0.804. The van der Waals surface area contributed by atoms with Gasteiger partial charge in [-0.2, -0.15) is 5.26 Å². The summed E-state index contributed by atoms with van der Waals surface area (Å²) in [5, 5.41) is 9.40. The maximum atomic E-state index is 8.61. The molecule has 0 bridgehead atoms. The van der Waals surface area contributed by atoms with E-state index in [1.54, 1.807) is 0 Å². The van der Waals surface area contributed by atoms with Gasteiger partial charge in [0.2, 0.25) is 0 Å². The molecule has 0 N–H and O–H groups in total. The van der Waals surface area contributed by atoms with Gasteiger partial charge < -0.3 is 0 Å². The molecule has 3 heteroatoms. The van der Waals surface area contributed by atoms with Gasteiger partial charge in [0.15, 0.2) is 0 Å². The third-order valence-corrected chi connectivity index (χ3v) is 3.35. The van der Waals surface area contributed by atoms with E-state index >= 15 is 0 Å². The van der Waals surface area contributed by atoms with Gasteiger partial charge in [-0.3, -0.25) is 4.90 Å². The molecule has 0 aromatic heterocycles. The minimum absolute atomic E-state index is 0.434. The Labute approximate surface area is 101 Å². The lowest BCUT2D eigenvalue weighted by Crippen LogP contribution is -2.18. The van der Waals surface area contributed by atoms with E-state index in [1.807, 2.05) is 18.2 Å². The van der Waals surface area contributed by atoms with Gasteiger partial charge in [-0.05, 0) is 43.1 Å². The van der Waals surface area contributed by atoms with Gasteiger partial charge >= 0.3 is 0 Å². The predicted octanol–water partition coefficient (Wildman–Crippen LogP) is 3.00.